The van der Waals surface area contributed by atoms with Crippen LogP contribution >= 0.6 is 15.9 Å². The number of nitrogens with zero attached hydrogens (tertiary/aromatic N) is 4. The number of rotatable bonds is 6. The van der Waals surface area contributed by atoms with Crippen molar-refractivity contribution in [2.24, 2.45) is 0 Å². The van der Waals surface area contributed by atoms with E-state index in [1.54, 1.807) is 18.6 Å². The Bertz CT molecular complexity index is 568. The van der Waals surface area contributed by atoms with E-state index in [0.717, 1.165) is 38.3 Å². The van der Waals surface area contributed by atoms with Gasteiger partial charge in [0.25, 0.3) is 0 Å². The molecule has 7 heteroatoms. The quantitative estimate of drug-likeness (QED) is 0.580. The smallest absolute Gasteiger partial charge is 0.358 e. The average molecular weight is 367 g/mol. The molecule has 2 aromatic heterocycles. The maximum absolute atomic E-state index is 5.75. The van der Waals surface area contributed by atoms with Gasteiger partial charge in [-0.2, -0.15) is 0 Å². The summed E-state index contributed by atoms with van der Waals surface area (Å²) >= 11 is 3.39. The van der Waals surface area contributed by atoms with Crippen LogP contribution in [-0.2, 0) is 11.5 Å². The molecule has 111 valence electrons. The first-order valence-corrected chi connectivity index (χ1v) is 8.77. The molecule has 0 unspecified atom stereocenters. The highest BCUT2D eigenvalue weighted by atomic mass is 79.9. The third-order valence-electron chi connectivity index (χ3n) is 2.67. The fraction of sp³-hybridized carbons (Fsp3) is 0.500. The van der Waals surface area contributed by atoms with Gasteiger partial charge in [0.1, 0.15) is 28.1 Å². The van der Waals surface area contributed by atoms with Gasteiger partial charge in [-0.1, -0.05) is 0 Å². The second-order valence-corrected chi connectivity index (χ2v) is 8.83. The van der Waals surface area contributed by atoms with Crippen molar-refractivity contribution >= 4 is 25.4 Å². The SMILES string of the molecule is CC(C)(C)[Si+]CCOCn1cc(Br)nc1-c1cnccn1. The highest BCUT2D eigenvalue weighted by molar-refractivity contribution is 9.10. The maximum atomic E-state index is 5.75. The lowest BCUT2D eigenvalue weighted by molar-refractivity contribution is 0.0885. The third kappa shape index (κ3) is 5.33. The summed E-state index contributed by atoms with van der Waals surface area (Å²) in [6.45, 7) is 7.99. The Hall–Kier alpha value is -1.05. The van der Waals surface area contributed by atoms with E-state index >= 15 is 0 Å². The van der Waals surface area contributed by atoms with Crippen LogP contribution in [0.5, 0.6) is 0 Å². The summed E-state index contributed by atoms with van der Waals surface area (Å²) in [6.07, 6.45) is 6.91. The molecule has 0 amide bonds. The largest absolute Gasteiger partial charge is 0.489 e. The number of halogens is 1. The van der Waals surface area contributed by atoms with Crippen LogP contribution in [0.1, 0.15) is 20.8 Å². The van der Waals surface area contributed by atoms with E-state index in [1.807, 2.05) is 10.8 Å². The van der Waals surface area contributed by atoms with Gasteiger partial charge >= 0.3 is 9.52 Å². The van der Waals surface area contributed by atoms with E-state index in [4.69, 9.17) is 4.74 Å². The average Bonchev–Trinajstić information content (AvgIpc) is 2.79. The van der Waals surface area contributed by atoms with Crippen LogP contribution in [0.15, 0.2) is 29.4 Å². The molecule has 2 aromatic rings. The molecule has 0 saturated heterocycles. The predicted octanol–water partition coefficient (Wildman–Crippen LogP) is 3.42. The van der Waals surface area contributed by atoms with Gasteiger partial charge in [-0.3, -0.25) is 4.98 Å². The van der Waals surface area contributed by atoms with Crippen molar-refractivity contribution in [1.82, 2.24) is 19.5 Å². The summed E-state index contributed by atoms with van der Waals surface area (Å²) in [5, 5.41) is 0.381. The van der Waals surface area contributed by atoms with Gasteiger partial charge in [0.2, 0.25) is 0 Å². The first kappa shape index (κ1) is 16.3. The normalized spacial score (nSPS) is 11.6. The summed E-state index contributed by atoms with van der Waals surface area (Å²) in [4.78, 5) is 12.8. The number of imidazole rings is 1. The van der Waals surface area contributed by atoms with E-state index in [0.29, 0.717) is 11.8 Å². The van der Waals surface area contributed by atoms with E-state index in [-0.39, 0.29) is 0 Å². The topological polar surface area (TPSA) is 52.8 Å². The first-order valence-electron chi connectivity index (χ1n) is 6.77. The van der Waals surface area contributed by atoms with Gasteiger partial charge in [-0.25, -0.2) is 9.97 Å². The summed E-state index contributed by atoms with van der Waals surface area (Å²) in [6, 6.07) is 1.08. The van der Waals surface area contributed by atoms with Gasteiger partial charge in [0, 0.05) is 18.6 Å². The minimum Gasteiger partial charge on any atom is -0.358 e. The standard InChI is InChI=1S/C14H19BrN4OSi/c1-14(2,3)21-7-6-20-10-19-9-12(15)18-13(19)11-8-16-4-5-17-11/h4-5,8-9H,6-7,10H2,1-3H3/q+1. The Labute approximate surface area is 136 Å². The van der Waals surface area contributed by atoms with Gasteiger partial charge < -0.3 is 9.30 Å². The molecule has 0 aliphatic carbocycles. The second kappa shape index (κ2) is 7.28. The first-order chi connectivity index (χ1) is 9.96. The Morgan fingerprint density at radius 1 is 1.33 bits per heavy atom. The van der Waals surface area contributed by atoms with Crippen LogP contribution in [-0.4, -0.2) is 35.6 Å². The molecular weight excluding hydrogens is 348 g/mol. The Morgan fingerprint density at radius 2 is 2.14 bits per heavy atom. The van der Waals surface area contributed by atoms with Crippen molar-refractivity contribution in [3.63, 3.8) is 0 Å². The zero-order valence-electron chi connectivity index (χ0n) is 12.5. The zero-order valence-corrected chi connectivity index (χ0v) is 15.1. The fourth-order valence-corrected chi connectivity index (χ4v) is 3.17. The lowest BCUT2D eigenvalue weighted by atomic mass is 10.3. The number of ether oxygens (including phenoxy) is 1. The Balaban J connectivity index is 1.92. The highest BCUT2D eigenvalue weighted by Crippen LogP contribution is 2.22. The summed E-state index contributed by atoms with van der Waals surface area (Å²) < 4.78 is 8.46. The molecule has 0 fully saturated rings. The molecule has 0 spiro atoms. The Kier molecular flexibility index (Phi) is 5.66. The molecule has 0 atom stereocenters. The third-order valence-corrected chi connectivity index (χ3v) is 4.57. The van der Waals surface area contributed by atoms with E-state index in [1.165, 1.54) is 0 Å². The molecule has 2 rings (SSSR count). The van der Waals surface area contributed by atoms with E-state index < -0.39 is 0 Å². The number of hydrogen-bond donors (Lipinski definition) is 0. The molecule has 5 nitrogen and oxygen atoms in total. The molecule has 1 radical (unpaired) electrons. The van der Waals surface area contributed by atoms with Gasteiger partial charge in [0.15, 0.2) is 5.82 Å². The van der Waals surface area contributed by atoms with Crippen LogP contribution in [0, 0.1) is 0 Å². The second-order valence-electron chi connectivity index (χ2n) is 5.66. The zero-order chi connectivity index (χ0) is 15.3. The maximum Gasteiger partial charge on any atom is 0.489 e. The van der Waals surface area contributed by atoms with E-state index in [9.17, 15) is 0 Å². The molecule has 0 saturated carbocycles. The van der Waals surface area contributed by atoms with Crippen LogP contribution in [0.4, 0.5) is 0 Å². The fourth-order valence-electron chi connectivity index (χ4n) is 1.76. The lowest BCUT2D eigenvalue weighted by Crippen LogP contribution is -2.12. The van der Waals surface area contributed by atoms with Crippen LogP contribution in [0.3, 0.4) is 0 Å². The van der Waals surface area contributed by atoms with E-state index in [2.05, 4.69) is 51.7 Å². The van der Waals surface area contributed by atoms with Gasteiger partial charge in [0.05, 0.1) is 12.8 Å². The van der Waals surface area contributed by atoms with Crippen LogP contribution in [0.2, 0.25) is 11.1 Å². The summed E-state index contributed by atoms with van der Waals surface area (Å²) in [7, 11) is 0.903. The molecule has 0 bridgehead atoms. The van der Waals surface area contributed by atoms with Crippen molar-refractivity contribution < 1.29 is 4.74 Å². The molecule has 0 N–H and O–H groups in total. The monoisotopic (exact) mass is 366 g/mol. The van der Waals surface area contributed by atoms with Crippen molar-refractivity contribution in [3.8, 4) is 11.5 Å². The number of hydrogen-bond acceptors (Lipinski definition) is 4. The Morgan fingerprint density at radius 3 is 2.81 bits per heavy atom. The lowest BCUT2D eigenvalue weighted by Gasteiger charge is -2.07. The van der Waals surface area contributed by atoms with Crippen molar-refractivity contribution in [2.75, 3.05) is 6.61 Å². The van der Waals surface area contributed by atoms with Gasteiger partial charge in [-0.05, 0) is 36.7 Å². The van der Waals surface area contributed by atoms with Crippen molar-refractivity contribution in [2.45, 2.75) is 38.6 Å². The highest BCUT2D eigenvalue weighted by Gasteiger charge is 2.28. The number of aromatic nitrogens is 4. The molecule has 0 aliphatic rings. The minimum atomic E-state index is 0.381. The molecule has 0 aliphatic heterocycles. The van der Waals surface area contributed by atoms with Crippen molar-refractivity contribution in [1.29, 1.82) is 0 Å². The predicted molar refractivity (Wildman–Crippen MR) is 87.2 cm³/mol. The molecular formula is C14H19BrN4OSi+. The van der Waals surface area contributed by atoms with Crippen molar-refractivity contribution in [3.05, 3.63) is 29.4 Å². The van der Waals surface area contributed by atoms with Crippen LogP contribution < -0.4 is 0 Å². The molecule has 21 heavy (non-hydrogen) atoms. The minimum absolute atomic E-state index is 0.381. The van der Waals surface area contributed by atoms with Crippen LogP contribution in [0.25, 0.3) is 11.5 Å². The molecule has 2 heterocycles. The summed E-state index contributed by atoms with van der Waals surface area (Å²) in [5.74, 6) is 0.758. The summed E-state index contributed by atoms with van der Waals surface area (Å²) in [5.41, 5.74) is 0.739. The molecule has 0 aromatic carbocycles. The van der Waals surface area contributed by atoms with Gasteiger partial charge in [-0.15, -0.1) is 0 Å².